The van der Waals surface area contributed by atoms with Crippen LogP contribution in [0.5, 0.6) is 0 Å². The smallest absolute Gasteiger partial charge is 0.224 e. The topological polar surface area (TPSA) is 97.1 Å². The Hall–Kier alpha value is -2.15. The molecule has 27 heavy (non-hydrogen) atoms. The second-order valence-electron chi connectivity index (χ2n) is 5.90. The summed E-state index contributed by atoms with van der Waals surface area (Å²) in [5.74, 6) is -0.651. The summed E-state index contributed by atoms with van der Waals surface area (Å²) in [6.45, 7) is 2.49. The highest BCUT2D eigenvalue weighted by atomic mass is 35.5. The van der Waals surface area contributed by atoms with Gasteiger partial charge < -0.3 is 16.4 Å². The third-order valence-electron chi connectivity index (χ3n) is 4.00. The number of hydrogen-bond donors (Lipinski definition) is 3. The maximum atomic E-state index is 12.2. The van der Waals surface area contributed by atoms with Crippen LogP contribution in [0.15, 0.2) is 54.9 Å². The van der Waals surface area contributed by atoms with Gasteiger partial charge in [-0.25, -0.2) is 0 Å². The molecule has 2 unspecified atom stereocenters. The SMILES string of the molecule is CC(C(=O)NCCC(=O)NCc1cccnc1)C(N)c1ccccc1.Cl.Cl. The van der Waals surface area contributed by atoms with Crippen LogP contribution in [-0.2, 0) is 16.1 Å². The van der Waals surface area contributed by atoms with Crippen molar-refractivity contribution in [3.63, 3.8) is 0 Å². The summed E-state index contributed by atoms with van der Waals surface area (Å²) in [7, 11) is 0. The standard InChI is InChI=1S/C19H24N4O2.2ClH/c1-14(18(20)16-7-3-2-4-8-16)19(25)22-11-9-17(24)23-13-15-6-5-10-21-12-15;;/h2-8,10,12,14,18H,9,11,13,20H2,1H3,(H,22,25)(H,23,24);2*1H. The zero-order valence-electron chi connectivity index (χ0n) is 15.1. The Labute approximate surface area is 172 Å². The molecule has 8 heteroatoms. The van der Waals surface area contributed by atoms with Crippen LogP contribution in [0, 0.1) is 5.92 Å². The highest BCUT2D eigenvalue weighted by Gasteiger charge is 2.21. The summed E-state index contributed by atoms with van der Waals surface area (Å²) in [5.41, 5.74) is 7.99. The predicted molar refractivity (Wildman–Crippen MR) is 111 cm³/mol. The summed E-state index contributed by atoms with van der Waals surface area (Å²) in [6, 6.07) is 12.8. The van der Waals surface area contributed by atoms with Crippen molar-refractivity contribution >= 4 is 36.6 Å². The normalized spacial score (nSPS) is 11.9. The van der Waals surface area contributed by atoms with Crippen LogP contribution in [0.2, 0.25) is 0 Å². The zero-order valence-corrected chi connectivity index (χ0v) is 16.8. The van der Waals surface area contributed by atoms with E-state index in [9.17, 15) is 9.59 Å². The minimum atomic E-state index is -0.374. The van der Waals surface area contributed by atoms with E-state index in [0.29, 0.717) is 6.54 Å². The van der Waals surface area contributed by atoms with Crippen molar-refractivity contribution in [2.75, 3.05) is 6.54 Å². The molecule has 0 fully saturated rings. The lowest BCUT2D eigenvalue weighted by molar-refractivity contribution is -0.125. The highest BCUT2D eigenvalue weighted by Crippen LogP contribution is 2.18. The number of nitrogens with zero attached hydrogens (tertiary/aromatic N) is 1. The number of carbonyl (C=O) groups excluding carboxylic acids is 2. The summed E-state index contributed by atoms with van der Waals surface area (Å²) in [5, 5.41) is 5.57. The van der Waals surface area contributed by atoms with Gasteiger partial charge in [-0.1, -0.05) is 43.3 Å². The highest BCUT2D eigenvalue weighted by molar-refractivity contribution is 5.85. The van der Waals surface area contributed by atoms with Gasteiger partial charge in [0.05, 0.1) is 5.92 Å². The molecule has 1 aromatic heterocycles. The molecular formula is C19H26Cl2N4O2. The van der Waals surface area contributed by atoms with Crippen LogP contribution in [0.3, 0.4) is 0 Å². The van der Waals surface area contributed by atoms with Gasteiger partial charge >= 0.3 is 0 Å². The Morgan fingerprint density at radius 3 is 2.41 bits per heavy atom. The second kappa shape index (κ2) is 13.1. The van der Waals surface area contributed by atoms with Gasteiger partial charge in [0.25, 0.3) is 0 Å². The van der Waals surface area contributed by atoms with Crippen LogP contribution in [0.4, 0.5) is 0 Å². The molecule has 1 aromatic carbocycles. The molecule has 0 bridgehead atoms. The van der Waals surface area contributed by atoms with E-state index in [1.54, 1.807) is 19.3 Å². The fourth-order valence-corrected chi connectivity index (χ4v) is 2.38. The number of carbonyl (C=O) groups is 2. The molecule has 4 N–H and O–H groups in total. The van der Waals surface area contributed by atoms with Gasteiger partial charge in [0.2, 0.25) is 11.8 Å². The van der Waals surface area contributed by atoms with E-state index in [4.69, 9.17) is 5.73 Å². The van der Waals surface area contributed by atoms with Crippen molar-refractivity contribution in [3.8, 4) is 0 Å². The molecule has 0 radical (unpaired) electrons. The first-order valence-electron chi connectivity index (χ1n) is 8.31. The minimum Gasteiger partial charge on any atom is -0.355 e. The van der Waals surface area contributed by atoms with E-state index in [1.807, 2.05) is 42.5 Å². The maximum absolute atomic E-state index is 12.2. The van der Waals surface area contributed by atoms with Crippen LogP contribution in [-0.4, -0.2) is 23.3 Å². The third-order valence-corrected chi connectivity index (χ3v) is 4.00. The number of nitrogens with two attached hydrogens (primary N) is 1. The van der Waals surface area contributed by atoms with Crippen molar-refractivity contribution < 1.29 is 9.59 Å². The molecule has 2 amide bonds. The average molecular weight is 413 g/mol. The summed E-state index contributed by atoms with van der Waals surface area (Å²) < 4.78 is 0. The minimum absolute atomic E-state index is 0. The fraction of sp³-hybridized carbons (Fsp3) is 0.316. The molecule has 2 atom stereocenters. The maximum Gasteiger partial charge on any atom is 0.224 e. The van der Waals surface area contributed by atoms with E-state index < -0.39 is 0 Å². The van der Waals surface area contributed by atoms with Crippen molar-refractivity contribution in [3.05, 3.63) is 66.0 Å². The molecule has 148 valence electrons. The van der Waals surface area contributed by atoms with Gasteiger partial charge in [-0.3, -0.25) is 14.6 Å². The second-order valence-corrected chi connectivity index (χ2v) is 5.90. The fourth-order valence-electron chi connectivity index (χ4n) is 2.38. The molecule has 0 aliphatic heterocycles. The molecule has 1 heterocycles. The van der Waals surface area contributed by atoms with Gasteiger partial charge in [-0.05, 0) is 17.2 Å². The van der Waals surface area contributed by atoms with Crippen LogP contribution >= 0.6 is 24.8 Å². The number of nitrogens with one attached hydrogen (secondary N) is 2. The van der Waals surface area contributed by atoms with E-state index in [1.165, 1.54) is 0 Å². The van der Waals surface area contributed by atoms with E-state index in [0.717, 1.165) is 11.1 Å². The number of rotatable bonds is 8. The summed E-state index contributed by atoms with van der Waals surface area (Å²) in [4.78, 5) is 28.0. The molecule has 2 rings (SSSR count). The number of benzene rings is 1. The molecule has 6 nitrogen and oxygen atoms in total. The molecule has 0 spiro atoms. The molecule has 0 saturated heterocycles. The number of halogens is 2. The van der Waals surface area contributed by atoms with Crippen molar-refractivity contribution in [1.29, 1.82) is 0 Å². The van der Waals surface area contributed by atoms with Crippen molar-refractivity contribution in [2.24, 2.45) is 11.7 Å². The van der Waals surface area contributed by atoms with Crippen LogP contribution < -0.4 is 16.4 Å². The van der Waals surface area contributed by atoms with Crippen LogP contribution in [0.1, 0.15) is 30.5 Å². The number of amides is 2. The van der Waals surface area contributed by atoms with Gasteiger partial charge in [-0.2, -0.15) is 0 Å². The summed E-state index contributed by atoms with van der Waals surface area (Å²) in [6.07, 6.45) is 3.61. The van der Waals surface area contributed by atoms with E-state index in [2.05, 4.69) is 15.6 Å². The molecule has 0 saturated carbocycles. The first-order chi connectivity index (χ1) is 12.1. The quantitative estimate of drug-likeness (QED) is 0.619. The average Bonchev–Trinajstić information content (AvgIpc) is 2.66. The molecular weight excluding hydrogens is 387 g/mol. The Kier molecular flexibility index (Phi) is 12.0. The van der Waals surface area contributed by atoms with E-state index in [-0.39, 0.29) is 61.6 Å². The third kappa shape index (κ3) is 8.39. The summed E-state index contributed by atoms with van der Waals surface area (Å²) >= 11 is 0. The Balaban J connectivity index is 0.00000338. The predicted octanol–water partition coefficient (Wildman–Crippen LogP) is 2.38. The molecule has 2 aromatic rings. The Morgan fingerprint density at radius 1 is 1.07 bits per heavy atom. The van der Waals surface area contributed by atoms with Gasteiger partial charge in [0, 0.05) is 37.9 Å². The monoisotopic (exact) mass is 412 g/mol. The molecule has 0 aliphatic carbocycles. The lowest BCUT2D eigenvalue weighted by atomic mass is 9.95. The Bertz CT molecular complexity index is 687. The van der Waals surface area contributed by atoms with Crippen molar-refractivity contribution in [2.45, 2.75) is 25.9 Å². The Morgan fingerprint density at radius 2 is 1.78 bits per heavy atom. The van der Waals surface area contributed by atoms with Gasteiger partial charge in [0.15, 0.2) is 0 Å². The molecule has 0 aliphatic rings. The number of aromatic nitrogens is 1. The number of hydrogen-bond acceptors (Lipinski definition) is 4. The first-order valence-corrected chi connectivity index (χ1v) is 8.31. The lowest BCUT2D eigenvalue weighted by Crippen LogP contribution is -2.37. The first kappa shape index (κ1) is 24.8. The van der Waals surface area contributed by atoms with E-state index >= 15 is 0 Å². The van der Waals surface area contributed by atoms with Gasteiger partial charge in [0.1, 0.15) is 0 Å². The lowest BCUT2D eigenvalue weighted by Gasteiger charge is -2.19. The van der Waals surface area contributed by atoms with Crippen molar-refractivity contribution in [1.82, 2.24) is 15.6 Å². The zero-order chi connectivity index (χ0) is 18.1. The largest absolute Gasteiger partial charge is 0.355 e. The number of pyridine rings is 1. The van der Waals surface area contributed by atoms with Crippen LogP contribution in [0.25, 0.3) is 0 Å². The van der Waals surface area contributed by atoms with Gasteiger partial charge in [-0.15, -0.1) is 24.8 Å².